The Bertz CT molecular complexity index is 581. The fraction of sp³-hybridized carbons (Fsp3) is 0.588. The Labute approximate surface area is 135 Å². The van der Waals surface area contributed by atoms with Gasteiger partial charge in [-0.3, -0.25) is 4.99 Å². The maximum atomic E-state index is 6.26. The van der Waals surface area contributed by atoms with Crippen molar-refractivity contribution in [3.8, 4) is 0 Å². The van der Waals surface area contributed by atoms with E-state index in [4.69, 9.17) is 5.73 Å². The van der Waals surface area contributed by atoms with Crippen molar-refractivity contribution in [1.29, 1.82) is 0 Å². The van der Waals surface area contributed by atoms with E-state index >= 15 is 0 Å². The van der Waals surface area contributed by atoms with E-state index in [1.165, 1.54) is 12.8 Å². The standard InChI is InChI=1S/C17H24BrN3/c1-12-10-16(2,3)7-8-17(12)11-20-15(19)21(17)14-6-4-5-13(18)9-14/h4-6,9,12H,7-8,10-11H2,1-3H3,(H2,19,20). The van der Waals surface area contributed by atoms with Crippen LogP contribution in [0.25, 0.3) is 0 Å². The highest BCUT2D eigenvalue weighted by atomic mass is 79.9. The van der Waals surface area contributed by atoms with Crippen LogP contribution in [-0.2, 0) is 0 Å². The maximum absolute atomic E-state index is 6.26. The van der Waals surface area contributed by atoms with Gasteiger partial charge in [-0.25, -0.2) is 0 Å². The van der Waals surface area contributed by atoms with Gasteiger partial charge in [0.25, 0.3) is 0 Å². The summed E-state index contributed by atoms with van der Waals surface area (Å²) in [7, 11) is 0. The Kier molecular flexibility index (Phi) is 3.55. The van der Waals surface area contributed by atoms with Crippen LogP contribution in [0.2, 0.25) is 0 Å². The van der Waals surface area contributed by atoms with Crippen molar-refractivity contribution >= 4 is 27.6 Å². The van der Waals surface area contributed by atoms with Gasteiger partial charge in [-0.1, -0.05) is 42.8 Å². The Balaban J connectivity index is 1.99. The summed E-state index contributed by atoms with van der Waals surface area (Å²) >= 11 is 3.57. The Morgan fingerprint density at radius 2 is 2.10 bits per heavy atom. The number of rotatable bonds is 1. The summed E-state index contributed by atoms with van der Waals surface area (Å²) in [6.07, 6.45) is 3.60. The Hall–Kier alpha value is -1.03. The highest BCUT2D eigenvalue weighted by molar-refractivity contribution is 9.10. The van der Waals surface area contributed by atoms with Crippen molar-refractivity contribution in [2.24, 2.45) is 22.1 Å². The third-order valence-corrected chi connectivity index (χ3v) is 5.76. The average Bonchev–Trinajstić information content (AvgIpc) is 2.73. The summed E-state index contributed by atoms with van der Waals surface area (Å²) in [5.41, 5.74) is 7.88. The van der Waals surface area contributed by atoms with Crippen LogP contribution in [0.4, 0.5) is 5.69 Å². The molecule has 2 atom stereocenters. The zero-order chi connectivity index (χ0) is 15.3. The molecule has 0 aromatic heterocycles. The van der Waals surface area contributed by atoms with Crippen LogP contribution in [0.15, 0.2) is 33.7 Å². The molecule has 2 aliphatic rings. The van der Waals surface area contributed by atoms with Gasteiger partial charge in [0.15, 0.2) is 5.96 Å². The molecule has 0 radical (unpaired) electrons. The lowest BCUT2D eigenvalue weighted by atomic mass is 9.63. The van der Waals surface area contributed by atoms with E-state index in [1.807, 2.05) is 6.07 Å². The first kappa shape index (κ1) is 14.9. The second-order valence-electron chi connectivity index (χ2n) is 7.36. The summed E-state index contributed by atoms with van der Waals surface area (Å²) in [6.45, 7) is 7.93. The van der Waals surface area contributed by atoms with Crippen LogP contribution in [0.5, 0.6) is 0 Å². The first-order valence-corrected chi connectivity index (χ1v) is 8.49. The lowest BCUT2D eigenvalue weighted by Crippen LogP contribution is -2.59. The van der Waals surface area contributed by atoms with Crippen LogP contribution in [0, 0.1) is 11.3 Å². The molecule has 3 nitrogen and oxygen atoms in total. The summed E-state index contributed by atoms with van der Waals surface area (Å²) in [4.78, 5) is 6.89. The molecular formula is C17H24BrN3. The molecule has 4 heteroatoms. The third kappa shape index (κ3) is 2.48. The van der Waals surface area contributed by atoms with Gasteiger partial charge in [-0.05, 0) is 48.8 Å². The number of hydrogen-bond acceptors (Lipinski definition) is 3. The molecule has 1 fully saturated rings. The van der Waals surface area contributed by atoms with Gasteiger partial charge in [0.1, 0.15) is 0 Å². The summed E-state index contributed by atoms with van der Waals surface area (Å²) in [5, 5.41) is 0. The average molecular weight is 350 g/mol. The van der Waals surface area contributed by atoms with Crippen molar-refractivity contribution in [2.75, 3.05) is 11.4 Å². The number of halogens is 1. The molecule has 0 amide bonds. The first-order valence-electron chi connectivity index (χ1n) is 7.70. The van der Waals surface area contributed by atoms with E-state index in [0.29, 0.717) is 17.3 Å². The van der Waals surface area contributed by atoms with Gasteiger partial charge in [0, 0.05) is 10.2 Å². The minimum atomic E-state index is 0.0559. The molecule has 1 aromatic rings. The van der Waals surface area contributed by atoms with Crippen LogP contribution < -0.4 is 10.6 Å². The summed E-state index contributed by atoms with van der Waals surface area (Å²) < 4.78 is 1.08. The topological polar surface area (TPSA) is 41.6 Å². The van der Waals surface area contributed by atoms with Gasteiger partial charge in [0.2, 0.25) is 0 Å². The number of aliphatic imine (C=N–C) groups is 1. The zero-order valence-electron chi connectivity index (χ0n) is 13.1. The maximum Gasteiger partial charge on any atom is 0.196 e. The van der Waals surface area contributed by atoms with Crippen LogP contribution in [-0.4, -0.2) is 18.0 Å². The van der Waals surface area contributed by atoms with E-state index in [9.17, 15) is 0 Å². The monoisotopic (exact) mass is 349 g/mol. The molecule has 0 bridgehead atoms. The normalized spacial score (nSPS) is 31.5. The quantitative estimate of drug-likeness (QED) is 0.826. The minimum absolute atomic E-state index is 0.0559. The molecular weight excluding hydrogens is 326 g/mol. The van der Waals surface area contributed by atoms with Gasteiger partial charge in [-0.15, -0.1) is 0 Å². The fourth-order valence-corrected chi connectivity index (χ4v) is 4.47. The number of anilines is 1. The molecule has 1 spiro atoms. The lowest BCUT2D eigenvalue weighted by Gasteiger charge is -2.51. The second-order valence-corrected chi connectivity index (χ2v) is 8.28. The zero-order valence-corrected chi connectivity index (χ0v) is 14.7. The lowest BCUT2D eigenvalue weighted by molar-refractivity contribution is 0.114. The minimum Gasteiger partial charge on any atom is -0.369 e. The highest BCUT2D eigenvalue weighted by Crippen LogP contribution is 2.49. The van der Waals surface area contributed by atoms with Crippen molar-refractivity contribution in [2.45, 2.75) is 45.6 Å². The predicted octanol–water partition coefficient (Wildman–Crippen LogP) is 4.17. The van der Waals surface area contributed by atoms with E-state index in [-0.39, 0.29) is 5.54 Å². The summed E-state index contributed by atoms with van der Waals surface area (Å²) in [5.74, 6) is 1.24. The van der Waals surface area contributed by atoms with Crippen LogP contribution in [0.3, 0.4) is 0 Å². The van der Waals surface area contributed by atoms with Crippen LogP contribution in [0.1, 0.15) is 40.0 Å². The molecule has 21 heavy (non-hydrogen) atoms. The number of nitrogens with two attached hydrogens (primary N) is 1. The molecule has 114 valence electrons. The molecule has 1 aromatic carbocycles. The number of nitrogens with zero attached hydrogens (tertiary/aromatic N) is 2. The highest BCUT2D eigenvalue weighted by Gasteiger charge is 2.51. The number of benzene rings is 1. The summed E-state index contributed by atoms with van der Waals surface area (Å²) in [6, 6.07) is 8.39. The predicted molar refractivity (Wildman–Crippen MR) is 92.6 cm³/mol. The van der Waals surface area contributed by atoms with Crippen molar-refractivity contribution in [3.05, 3.63) is 28.7 Å². The number of guanidine groups is 1. The van der Waals surface area contributed by atoms with E-state index in [0.717, 1.165) is 23.1 Å². The Morgan fingerprint density at radius 1 is 1.33 bits per heavy atom. The van der Waals surface area contributed by atoms with Gasteiger partial charge in [0.05, 0.1) is 12.1 Å². The van der Waals surface area contributed by atoms with Gasteiger partial charge >= 0.3 is 0 Å². The Morgan fingerprint density at radius 3 is 2.76 bits per heavy atom. The molecule has 3 rings (SSSR count). The molecule has 1 aliphatic heterocycles. The van der Waals surface area contributed by atoms with E-state index < -0.39 is 0 Å². The SMILES string of the molecule is CC1CC(C)(C)CCC12CN=C(N)N2c1cccc(Br)c1. The molecule has 2 unspecified atom stereocenters. The second kappa shape index (κ2) is 5.01. The van der Waals surface area contributed by atoms with Gasteiger partial charge in [-0.2, -0.15) is 0 Å². The van der Waals surface area contributed by atoms with Crippen molar-refractivity contribution in [3.63, 3.8) is 0 Å². The molecule has 0 saturated heterocycles. The number of hydrogen-bond donors (Lipinski definition) is 1. The van der Waals surface area contributed by atoms with Gasteiger partial charge < -0.3 is 10.6 Å². The molecule has 1 aliphatic carbocycles. The fourth-order valence-electron chi connectivity index (χ4n) is 4.08. The third-order valence-electron chi connectivity index (χ3n) is 5.27. The molecule has 1 saturated carbocycles. The van der Waals surface area contributed by atoms with Crippen LogP contribution >= 0.6 is 15.9 Å². The van der Waals surface area contributed by atoms with Crippen molar-refractivity contribution in [1.82, 2.24) is 0 Å². The molecule has 1 heterocycles. The smallest absolute Gasteiger partial charge is 0.196 e. The van der Waals surface area contributed by atoms with E-state index in [1.54, 1.807) is 0 Å². The van der Waals surface area contributed by atoms with E-state index in [2.05, 4.69) is 64.8 Å². The largest absolute Gasteiger partial charge is 0.369 e. The molecule has 2 N–H and O–H groups in total. The first-order chi connectivity index (χ1) is 9.84. The van der Waals surface area contributed by atoms with Crippen molar-refractivity contribution < 1.29 is 0 Å².